The van der Waals surface area contributed by atoms with Gasteiger partial charge < -0.3 is 15.2 Å². The van der Waals surface area contributed by atoms with Crippen molar-refractivity contribution in [2.24, 2.45) is 0 Å². The number of halogens is 1. The quantitative estimate of drug-likeness (QED) is 0.453. The van der Waals surface area contributed by atoms with E-state index in [0.29, 0.717) is 14.9 Å². The summed E-state index contributed by atoms with van der Waals surface area (Å²) in [7, 11) is 1.45. The van der Waals surface area contributed by atoms with Crippen molar-refractivity contribution in [2.75, 3.05) is 7.11 Å². The molecule has 1 saturated carbocycles. The molecule has 1 aliphatic carbocycles. The molecule has 0 aromatic heterocycles. The fraction of sp³-hybridized carbons (Fsp3) is 0.375. The minimum Gasteiger partial charge on any atom is -0.504 e. The number of ether oxygens (including phenoxy) is 1. The number of phenolic OH excluding ortho intramolecular Hbond substituents is 1. The maximum Gasteiger partial charge on any atom is 0.262 e. The number of hydrogen-bond donors (Lipinski definition) is 2. The maximum absolute atomic E-state index is 12.2. The minimum absolute atomic E-state index is 0.0502. The third-order valence-corrected chi connectivity index (χ3v) is 4.46. The van der Waals surface area contributed by atoms with Gasteiger partial charge in [0.2, 0.25) is 0 Å². The molecule has 5 nitrogen and oxygen atoms in total. The van der Waals surface area contributed by atoms with Gasteiger partial charge >= 0.3 is 0 Å². The minimum atomic E-state index is -0.351. The lowest BCUT2D eigenvalue weighted by atomic mass is 10.1. The van der Waals surface area contributed by atoms with Crippen molar-refractivity contribution in [1.82, 2.24) is 5.32 Å². The molecule has 2 N–H and O–H groups in total. The van der Waals surface area contributed by atoms with E-state index in [-0.39, 0.29) is 23.3 Å². The van der Waals surface area contributed by atoms with Gasteiger partial charge in [0.1, 0.15) is 11.6 Å². The van der Waals surface area contributed by atoms with E-state index < -0.39 is 0 Å². The summed E-state index contributed by atoms with van der Waals surface area (Å²) in [5, 5.41) is 21.9. The Balaban J connectivity index is 2.23. The van der Waals surface area contributed by atoms with Crippen molar-refractivity contribution in [3.05, 3.63) is 26.8 Å². The van der Waals surface area contributed by atoms with Crippen LogP contribution in [0.1, 0.15) is 31.2 Å². The molecule has 1 amide bonds. The number of carbonyl (C=O) groups is 1. The van der Waals surface area contributed by atoms with E-state index in [2.05, 4.69) is 5.32 Å². The second kappa shape index (κ2) is 7.49. The highest BCUT2D eigenvalue weighted by Gasteiger charge is 2.19. The average molecular weight is 412 g/mol. The van der Waals surface area contributed by atoms with E-state index in [0.717, 1.165) is 25.7 Å². The summed E-state index contributed by atoms with van der Waals surface area (Å²) in [4.78, 5) is 12.2. The predicted molar refractivity (Wildman–Crippen MR) is 91.4 cm³/mol. The van der Waals surface area contributed by atoms with Gasteiger partial charge in [-0.3, -0.25) is 4.79 Å². The SMILES string of the molecule is COc1cc(/C=C(/C#N)C(=O)NC2CCCC2)cc(I)c1O. The van der Waals surface area contributed by atoms with Crippen LogP contribution in [0, 0.1) is 14.9 Å². The molecule has 1 aliphatic rings. The number of nitrogens with zero attached hydrogens (tertiary/aromatic N) is 1. The zero-order chi connectivity index (χ0) is 16.1. The van der Waals surface area contributed by atoms with Crippen LogP contribution in [0.15, 0.2) is 17.7 Å². The maximum atomic E-state index is 12.2. The Morgan fingerprint density at radius 2 is 2.18 bits per heavy atom. The van der Waals surface area contributed by atoms with Crippen LogP contribution in [-0.2, 0) is 4.79 Å². The van der Waals surface area contributed by atoms with Gasteiger partial charge in [-0.05, 0) is 59.2 Å². The molecule has 0 radical (unpaired) electrons. The molecule has 0 saturated heterocycles. The van der Waals surface area contributed by atoms with Gasteiger partial charge in [-0.2, -0.15) is 5.26 Å². The summed E-state index contributed by atoms with van der Waals surface area (Å²) >= 11 is 1.97. The highest BCUT2D eigenvalue weighted by atomic mass is 127. The van der Waals surface area contributed by atoms with Gasteiger partial charge in [0.05, 0.1) is 10.7 Å². The molecule has 0 aliphatic heterocycles. The number of rotatable bonds is 4. The van der Waals surface area contributed by atoms with Crippen molar-refractivity contribution in [3.63, 3.8) is 0 Å². The molecule has 0 bridgehead atoms. The Morgan fingerprint density at radius 3 is 2.77 bits per heavy atom. The van der Waals surface area contributed by atoms with Crippen LogP contribution >= 0.6 is 22.6 Å². The van der Waals surface area contributed by atoms with Gasteiger partial charge in [-0.1, -0.05) is 12.8 Å². The molecular weight excluding hydrogens is 395 g/mol. The molecule has 0 atom stereocenters. The molecule has 1 fully saturated rings. The summed E-state index contributed by atoms with van der Waals surface area (Å²) in [6, 6.07) is 5.39. The van der Waals surface area contributed by atoms with Crippen LogP contribution in [-0.4, -0.2) is 24.2 Å². The number of methoxy groups -OCH3 is 1. The smallest absolute Gasteiger partial charge is 0.262 e. The molecule has 6 heteroatoms. The van der Waals surface area contributed by atoms with Crippen LogP contribution < -0.4 is 10.1 Å². The van der Waals surface area contributed by atoms with Crippen LogP contribution in [0.25, 0.3) is 6.08 Å². The van der Waals surface area contributed by atoms with Crippen molar-refractivity contribution in [1.29, 1.82) is 5.26 Å². The molecule has 22 heavy (non-hydrogen) atoms. The summed E-state index contributed by atoms with van der Waals surface area (Å²) in [5.41, 5.74) is 0.688. The molecule has 2 rings (SSSR count). The molecule has 1 aromatic rings. The number of phenols is 1. The number of nitriles is 1. The Kier molecular flexibility index (Phi) is 5.66. The Labute approximate surface area is 143 Å². The standard InChI is InChI=1S/C16H17IN2O3/c1-22-14-8-10(7-13(17)15(14)20)6-11(9-18)16(21)19-12-4-2-3-5-12/h6-8,12,20H,2-5H2,1H3,(H,19,21)/b11-6-. The van der Waals surface area contributed by atoms with Crippen LogP contribution in [0.3, 0.4) is 0 Å². The highest BCUT2D eigenvalue weighted by molar-refractivity contribution is 14.1. The number of amides is 1. The van der Waals surface area contributed by atoms with Crippen LogP contribution in [0.4, 0.5) is 0 Å². The van der Waals surface area contributed by atoms with E-state index in [1.807, 2.05) is 28.7 Å². The van der Waals surface area contributed by atoms with Gasteiger partial charge in [-0.25, -0.2) is 0 Å². The third-order valence-electron chi connectivity index (χ3n) is 3.64. The fourth-order valence-electron chi connectivity index (χ4n) is 2.48. The summed E-state index contributed by atoms with van der Waals surface area (Å²) < 4.78 is 5.68. The molecule has 116 valence electrons. The van der Waals surface area contributed by atoms with E-state index in [4.69, 9.17) is 4.74 Å². The van der Waals surface area contributed by atoms with Gasteiger partial charge in [-0.15, -0.1) is 0 Å². The van der Waals surface area contributed by atoms with Crippen molar-refractivity contribution in [3.8, 4) is 17.6 Å². The van der Waals surface area contributed by atoms with Gasteiger partial charge in [0.25, 0.3) is 5.91 Å². The first-order valence-electron chi connectivity index (χ1n) is 7.04. The zero-order valence-corrected chi connectivity index (χ0v) is 14.4. The largest absolute Gasteiger partial charge is 0.504 e. The van der Waals surface area contributed by atoms with E-state index in [1.165, 1.54) is 13.2 Å². The molecule has 1 aromatic carbocycles. The Bertz CT molecular complexity index is 644. The second-order valence-corrected chi connectivity index (χ2v) is 6.34. The lowest BCUT2D eigenvalue weighted by Gasteiger charge is -2.11. The molecule has 0 unspecified atom stereocenters. The highest BCUT2D eigenvalue weighted by Crippen LogP contribution is 2.33. The Hall–Kier alpha value is -1.75. The van der Waals surface area contributed by atoms with Crippen molar-refractivity contribution in [2.45, 2.75) is 31.7 Å². The van der Waals surface area contributed by atoms with Crippen LogP contribution in [0.5, 0.6) is 11.5 Å². The lowest BCUT2D eigenvalue weighted by molar-refractivity contribution is -0.117. The zero-order valence-electron chi connectivity index (χ0n) is 12.2. The third kappa shape index (κ3) is 3.91. The van der Waals surface area contributed by atoms with Gasteiger partial charge in [0, 0.05) is 6.04 Å². The van der Waals surface area contributed by atoms with E-state index in [1.54, 1.807) is 12.1 Å². The first-order chi connectivity index (χ1) is 10.5. The van der Waals surface area contributed by atoms with Crippen molar-refractivity contribution >= 4 is 34.6 Å². The molecule has 0 heterocycles. The number of aromatic hydroxyl groups is 1. The summed E-state index contributed by atoms with van der Waals surface area (Å²) in [6.07, 6.45) is 5.67. The van der Waals surface area contributed by atoms with Crippen LogP contribution in [0.2, 0.25) is 0 Å². The number of benzene rings is 1. The molecular formula is C16H17IN2O3. The van der Waals surface area contributed by atoms with Gasteiger partial charge in [0.15, 0.2) is 11.5 Å². The first-order valence-corrected chi connectivity index (χ1v) is 8.12. The average Bonchev–Trinajstić information content (AvgIpc) is 3.00. The topological polar surface area (TPSA) is 82.3 Å². The summed E-state index contributed by atoms with van der Waals surface area (Å²) in [5.74, 6) is 0.0113. The number of carbonyl (C=O) groups excluding carboxylic acids is 1. The molecule has 0 spiro atoms. The van der Waals surface area contributed by atoms with Crippen molar-refractivity contribution < 1.29 is 14.6 Å². The Morgan fingerprint density at radius 1 is 1.50 bits per heavy atom. The van der Waals surface area contributed by atoms with E-state index >= 15 is 0 Å². The van der Waals surface area contributed by atoms with E-state index in [9.17, 15) is 15.2 Å². The monoisotopic (exact) mass is 412 g/mol. The fourth-order valence-corrected chi connectivity index (χ4v) is 3.11. The summed E-state index contributed by atoms with van der Waals surface area (Å²) in [6.45, 7) is 0. The number of nitrogens with one attached hydrogen (secondary N) is 1. The normalized spacial score (nSPS) is 15.4. The predicted octanol–water partition coefficient (Wildman–Crippen LogP) is 2.97. The number of hydrogen-bond acceptors (Lipinski definition) is 4. The lowest BCUT2D eigenvalue weighted by Crippen LogP contribution is -2.33. The first kappa shape index (κ1) is 16.6. The second-order valence-electron chi connectivity index (χ2n) is 5.18.